The molecule has 1 atom stereocenters. The molecule has 8 nitrogen and oxygen atoms in total. The molecule has 1 saturated heterocycles. The summed E-state index contributed by atoms with van der Waals surface area (Å²) in [5.74, 6) is 3.57. The number of aliphatic hydroxyl groups excluding tert-OH is 2. The molecule has 1 aliphatic heterocycles. The number of thiophene rings is 1. The van der Waals surface area contributed by atoms with Gasteiger partial charge in [-0.25, -0.2) is 4.98 Å². The standard InChI is InChI=1S/C22H28N6O2S/c29-11-12-5-7-28(8-6-12)22-23-16-9-17(19(30)14-3-4-14)31-20(16)21(25-22)24-18-10-15(26-27-18)13-1-2-13/h9-10,12-14,19,29-30H,1-8,11H2,(H2,23,24,25,26,27). The van der Waals surface area contributed by atoms with Crippen molar-refractivity contribution in [1.82, 2.24) is 20.2 Å². The van der Waals surface area contributed by atoms with Crippen molar-refractivity contribution in [1.29, 1.82) is 0 Å². The van der Waals surface area contributed by atoms with Crippen molar-refractivity contribution in [3.63, 3.8) is 0 Å². The molecule has 0 aromatic carbocycles. The van der Waals surface area contributed by atoms with Crippen molar-refractivity contribution in [2.24, 2.45) is 11.8 Å². The van der Waals surface area contributed by atoms with Crippen LogP contribution in [0.15, 0.2) is 12.1 Å². The molecule has 0 radical (unpaired) electrons. The van der Waals surface area contributed by atoms with Crippen LogP contribution in [-0.2, 0) is 0 Å². The molecule has 3 aromatic rings. The van der Waals surface area contributed by atoms with Crippen molar-refractivity contribution < 1.29 is 10.2 Å². The SMILES string of the molecule is OCC1CCN(c2nc(Nc3cc(C4CC4)[nH]n3)c3sc(C(O)C4CC4)cc3n2)CC1. The van der Waals surface area contributed by atoms with E-state index >= 15 is 0 Å². The minimum Gasteiger partial charge on any atom is -0.396 e. The first kappa shape index (κ1) is 19.5. The molecule has 2 aliphatic carbocycles. The van der Waals surface area contributed by atoms with Gasteiger partial charge in [0.1, 0.15) is 0 Å². The maximum Gasteiger partial charge on any atom is 0.227 e. The summed E-state index contributed by atoms with van der Waals surface area (Å²) in [4.78, 5) is 12.9. The minimum atomic E-state index is -0.414. The second-order valence-corrected chi connectivity index (χ2v) is 10.3. The molecule has 0 spiro atoms. The molecule has 1 unspecified atom stereocenters. The monoisotopic (exact) mass is 440 g/mol. The van der Waals surface area contributed by atoms with Gasteiger partial charge in [0.25, 0.3) is 0 Å². The fraction of sp³-hybridized carbons (Fsp3) is 0.591. The third kappa shape index (κ3) is 3.90. The Kier molecular flexibility index (Phi) is 4.85. The summed E-state index contributed by atoms with van der Waals surface area (Å²) in [6, 6.07) is 4.10. The van der Waals surface area contributed by atoms with Crippen LogP contribution in [0, 0.1) is 11.8 Å². The van der Waals surface area contributed by atoms with Gasteiger partial charge in [0.15, 0.2) is 11.6 Å². The van der Waals surface area contributed by atoms with Gasteiger partial charge < -0.3 is 20.4 Å². The Balaban J connectivity index is 1.35. The van der Waals surface area contributed by atoms with Crippen molar-refractivity contribution in [2.45, 2.75) is 50.5 Å². The van der Waals surface area contributed by atoms with Crippen molar-refractivity contribution in [2.75, 3.05) is 29.9 Å². The molecule has 0 amide bonds. The Hall–Kier alpha value is -2.23. The lowest BCUT2D eigenvalue weighted by Crippen LogP contribution is -2.35. The zero-order chi connectivity index (χ0) is 20.9. The van der Waals surface area contributed by atoms with Gasteiger partial charge in [0.2, 0.25) is 5.95 Å². The lowest BCUT2D eigenvalue weighted by molar-refractivity contribution is 0.157. The molecule has 0 bridgehead atoms. The van der Waals surface area contributed by atoms with E-state index < -0.39 is 6.10 Å². The number of hydrogen-bond acceptors (Lipinski definition) is 8. The summed E-state index contributed by atoms with van der Waals surface area (Å²) in [5.41, 5.74) is 2.05. The predicted molar refractivity (Wildman–Crippen MR) is 121 cm³/mol. The molecule has 31 heavy (non-hydrogen) atoms. The number of aromatic amines is 1. The first-order valence-electron chi connectivity index (χ1n) is 11.4. The first-order chi connectivity index (χ1) is 15.2. The van der Waals surface area contributed by atoms with E-state index in [4.69, 9.17) is 9.97 Å². The van der Waals surface area contributed by atoms with E-state index in [1.54, 1.807) is 11.3 Å². The van der Waals surface area contributed by atoms with Gasteiger partial charge in [-0.05, 0) is 56.4 Å². The maximum absolute atomic E-state index is 10.7. The van der Waals surface area contributed by atoms with Gasteiger partial charge in [-0.15, -0.1) is 11.3 Å². The number of hydrogen-bond donors (Lipinski definition) is 4. The Morgan fingerprint density at radius 1 is 1.13 bits per heavy atom. The number of nitrogens with zero attached hydrogens (tertiary/aromatic N) is 4. The van der Waals surface area contributed by atoms with Crippen LogP contribution in [0.4, 0.5) is 17.6 Å². The van der Waals surface area contributed by atoms with Crippen LogP contribution < -0.4 is 10.2 Å². The van der Waals surface area contributed by atoms with E-state index in [1.165, 1.54) is 18.5 Å². The molecule has 4 N–H and O–H groups in total. The second kappa shape index (κ2) is 7.72. The summed E-state index contributed by atoms with van der Waals surface area (Å²) in [6.45, 7) is 1.92. The predicted octanol–water partition coefficient (Wildman–Crippen LogP) is 3.69. The van der Waals surface area contributed by atoms with Gasteiger partial charge in [0.05, 0.1) is 16.3 Å². The van der Waals surface area contributed by atoms with Gasteiger partial charge in [-0.2, -0.15) is 10.1 Å². The quantitative estimate of drug-likeness (QED) is 0.443. The van der Waals surface area contributed by atoms with Crippen molar-refractivity contribution >= 4 is 39.1 Å². The molecule has 9 heteroatoms. The van der Waals surface area contributed by atoms with Crippen LogP contribution in [-0.4, -0.2) is 50.1 Å². The zero-order valence-electron chi connectivity index (χ0n) is 17.4. The summed E-state index contributed by atoms with van der Waals surface area (Å²) in [5, 5.41) is 31.1. The summed E-state index contributed by atoms with van der Waals surface area (Å²) >= 11 is 1.58. The molecule has 3 aliphatic rings. The molecular weight excluding hydrogens is 412 g/mol. The van der Waals surface area contributed by atoms with Crippen molar-refractivity contribution in [3.05, 3.63) is 22.7 Å². The minimum absolute atomic E-state index is 0.246. The van der Waals surface area contributed by atoms with Gasteiger partial charge in [0, 0.05) is 42.3 Å². The van der Waals surface area contributed by atoms with Crippen LogP contribution in [0.25, 0.3) is 10.2 Å². The van der Waals surface area contributed by atoms with Gasteiger partial charge in [-0.3, -0.25) is 5.10 Å². The Morgan fingerprint density at radius 2 is 1.94 bits per heavy atom. The molecule has 4 heterocycles. The van der Waals surface area contributed by atoms with E-state index in [0.717, 1.165) is 65.5 Å². The lowest BCUT2D eigenvalue weighted by Gasteiger charge is -2.31. The first-order valence-corrected chi connectivity index (χ1v) is 12.2. The maximum atomic E-state index is 10.7. The number of piperidine rings is 1. The van der Waals surface area contributed by atoms with Gasteiger partial charge >= 0.3 is 0 Å². The third-order valence-corrected chi connectivity index (χ3v) is 7.96. The smallest absolute Gasteiger partial charge is 0.227 e. The number of aromatic nitrogens is 4. The normalized spacial score (nSPS) is 21.0. The summed E-state index contributed by atoms with van der Waals surface area (Å²) in [6.07, 6.45) is 6.10. The topological polar surface area (TPSA) is 110 Å². The average Bonchev–Trinajstić information content (AvgIpc) is 3.73. The molecule has 2 saturated carbocycles. The van der Waals surface area contributed by atoms with E-state index in [0.29, 0.717) is 23.7 Å². The Labute approximate surface area is 184 Å². The van der Waals surface area contributed by atoms with Crippen LogP contribution in [0.3, 0.4) is 0 Å². The van der Waals surface area contributed by atoms with E-state index in [-0.39, 0.29) is 6.61 Å². The molecule has 6 rings (SSSR count). The number of fused-ring (bicyclic) bond motifs is 1. The molecule has 3 fully saturated rings. The number of nitrogens with one attached hydrogen (secondary N) is 2. The van der Waals surface area contributed by atoms with Crippen molar-refractivity contribution in [3.8, 4) is 0 Å². The molecular formula is C22H28N6O2S. The van der Waals surface area contributed by atoms with E-state index in [2.05, 4.69) is 26.5 Å². The number of H-pyrrole nitrogens is 1. The fourth-order valence-electron chi connectivity index (χ4n) is 4.39. The Bertz CT molecular complexity index is 1080. The molecule has 3 aromatic heterocycles. The van der Waals surface area contributed by atoms with Crippen LogP contribution in [0.1, 0.15) is 61.1 Å². The highest BCUT2D eigenvalue weighted by Crippen LogP contribution is 2.45. The van der Waals surface area contributed by atoms with Crippen LogP contribution >= 0.6 is 11.3 Å². The highest BCUT2D eigenvalue weighted by Gasteiger charge is 2.33. The largest absolute Gasteiger partial charge is 0.396 e. The van der Waals surface area contributed by atoms with E-state index in [9.17, 15) is 10.2 Å². The second-order valence-electron chi connectivity index (χ2n) is 9.24. The number of anilines is 3. The summed E-state index contributed by atoms with van der Waals surface area (Å²) in [7, 11) is 0. The lowest BCUT2D eigenvalue weighted by atomic mass is 9.98. The van der Waals surface area contributed by atoms with Gasteiger partial charge in [-0.1, -0.05) is 0 Å². The summed E-state index contributed by atoms with van der Waals surface area (Å²) < 4.78 is 0.958. The Morgan fingerprint density at radius 3 is 2.65 bits per heavy atom. The third-order valence-electron chi connectivity index (χ3n) is 6.76. The number of aliphatic hydroxyl groups is 2. The van der Waals surface area contributed by atoms with Crippen LogP contribution in [0.5, 0.6) is 0 Å². The van der Waals surface area contributed by atoms with Crippen LogP contribution in [0.2, 0.25) is 0 Å². The number of rotatable bonds is 7. The fourth-order valence-corrected chi connectivity index (χ4v) is 5.52. The highest BCUT2D eigenvalue weighted by atomic mass is 32.1. The average molecular weight is 441 g/mol. The highest BCUT2D eigenvalue weighted by molar-refractivity contribution is 7.19. The molecule has 164 valence electrons. The van der Waals surface area contributed by atoms with E-state index in [1.807, 2.05) is 6.07 Å². The zero-order valence-corrected chi connectivity index (χ0v) is 18.2.